The molecular formula is C28H29ClN2O2. The lowest BCUT2D eigenvalue weighted by Crippen LogP contribution is -2.45. The van der Waals surface area contributed by atoms with Crippen LogP contribution in [-0.4, -0.2) is 37.6 Å². The Hall–Kier alpha value is -2.82. The van der Waals surface area contributed by atoms with Gasteiger partial charge in [-0.05, 0) is 80.4 Å². The van der Waals surface area contributed by atoms with Crippen molar-refractivity contribution < 1.29 is 9.53 Å². The normalized spacial score (nSPS) is 17.2. The molecule has 5 rings (SSSR count). The molecule has 1 fully saturated rings. The highest BCUT2D eigenvalue weighted by atomic mass is 35.5. The molecule has 1 saturated heterocycles. The monoisotopic (exact) mass is 460 g/mol. The van der Waals surface area contributed by atoms with Crippen LogP contribution in [0, 0.1) is 6.92 Å². The van der Waals surface area contributed by atoms with Crippen LogP contribution in [0.5, 0.6) is 5.75 Å². The van der Waals surface area contributed by atoms with Crippen molar-refractivity contribution in [1.82, 2.24) is 4.90 Å². The van der Waals surface area contributed by atoms with E-state index in [1.165, 1.54) is 16.7 Å². The van der Waals surface area contributed by atoms with Gasteiger partial charge in [0.15, 0.2) is 0 Å². The quantitative estimate of drug-likeness (QED) is 0.489. The summed E-state index contributed by atoms with van der Waals surface area (Å²) in [5.74, 6) is 0.843. The number of likely N-dealkylation sites (tertiary alicyclic amines) is 1. The van der Waals surface area contributed by atoms with Crippen molar-refractivity contribution in [3.8, 4) is 5.75 Å². The molecule has 3 aromatic rings. The molecule has 2 aliphatic heterocycles. The Morgan fingerprint density at radius 1 is 1.03 bits per heavy atom. The van der Waals surface area contributed by atoms with Gasteiger partial charge in [0.25, 0.3) is 5.91 Å². The first-order valence-corrected chi connectivity index (χ1v) is 11.9. The Labute approximate surface area is 200 Å². The van der Waals surface area contributed by atoms with Crippen LogP contribution in [0.15, 0.2) is 66.7 Å². The first-order chi connectivity index (χ1) is 16.0. The molecule has 0 aromatic heterocycles. The number of fused-ring (bicyclic) bond motifs is 2. The van der Waals surface area contributed by atoms with Gasteiger partial charge in [-0.15, -0.1) is 0 Å². The molecular weight excluding hydrogens is 432 g/mol. The van der Waals surface area contributed by atoms with E-state index in [-0.39, 0.29) is 11.3 Å². The van der Waals surface area contributed by atoms with Gasteiger partial charge in [-0.25, -0.2) is 0 Å². The number of carbonyl (C=O) groups is 1. The van der Waals surface area contributed by atoms with Crippen LogP contribution in [-0.2, 0) is 12.0 Å². The van der Waals surface area contributed by atoms with Gasteiger partial charge in [0, 0.05) is 34.8 Å². The van der Waals surface area contributed by atoms with Crippen LogP contribution < -0.4 is 9.64 Å². The van der Waals surface area contributed by atoms with Gasteiger partial charge >= 0.3 is 0 Å². The number of hydrogen-bond acceptors (Lipinski definition) is 3. The zero-order valence-electron chi connectivity index (χ0n) is 19.2. The van der Waals surface area contributed by atoms with E-state index in [0.29, 0.717) is 17.1 Å². The highest BCUT2D eigenvalue weighted by Gasteiger charge is 2.46. The van der Waals surface area contributed by atoms with Gasteiger partial charge in [-0.1, -0.05) is 47.5 Å². The first-order valence-electron chi connectivity index (χ1n) is 11.5. The van der Waals surface area contributed by atoms with Crippen LogP contribution in [0.1, 0.15) is 39.9 Å². The maximum atomic E-state index is 13.5. The Morgan fingerprint density at radius 3 is 2.48 bits per heavy atom. The Morgan fingerprint density at radius 2 is 1.79 bits per heavy atom. The van der Waals surface area contributed by atoms with Crippen molar-refractivity contribution in [3.05, 3.63) is 94.0 Å². The third kappa shape index (κ3) is 4.25. The zero-order chi connectivity index (χ0) is 23.0. The number of halogens is 1. The minimum absolute atomic E-state index is 0.00266. The lowest BCUT2D eigenvalue weighted by atomic mass is 9.74. The van der Waals surface area contributed by atoms with Crippen molar-refractivity contribution in [3.63, 3.8) is 0 Å². The van der Waals surface area contributed by atoms with Gasteiger partial charge in [-0.2, -0.15) is 0 Å². The molecule has 0 aliphatic carbocycles. The summed E-state index contributed by atoms with van der Waals surface area (Å²) >= 11 is 6.18. The summed E-state index contributed by atoms with van der Waals surface area (Å²) in [5.41, 5.74) is 5.43. The number of nitrogens with zero attached hydrogens (tertiary/aromatic N) is 2. The standard InChI is InChI=1S/C28H29ClN2O2/c1-20-6-8-21(9-7-20)18-30-14-12-28(13-15-30)19-31(26-11-10-24(33-2)17-25(26)28)27(32)22-4-3-5-23(29)16-22/h3-11,16-17H,12-15,18-19H2,1-2H3. The SMILES string of the molecule is COc1ccc2c(c1)C1(CCN(Cc3ccc(C)cc3)CC1)CN2C(=O)c1cccc(Cl)c1. The van der Waals surface area contributed by atoms with Crippen molar-refractivity contribution in [2.24, 2.45) is 0 Å². The maximum Gasteiger partial charge on any atom is 0.258 e. The highest BCUT2D eigenvalue weighted by Crippen LogP contribution is 2.48. The van der Waals surface area contributed by atoms with Crippen LogP contribution in [0.4, 0.5) is 5.69 Å². The molecule has 0 N–H and O–H groups in total. The molecule has 1 spiro atoms. The minimum atomic E-state index is -0.0537. The number of aryl methyl sites for hydroxylation is 1. The largest absolute Gasteiger partial charge is 0.497 e. The fourth-order valence-electron chi connectivity index (χ4n) is 5.25. The Bertz CT molecular complexity index is 1170. The first kappa shape index (κ1) is 22.0. The van der Waals surface area contributed by atoms with E-state index in [1.807, 2.05) is 29.2 Å². The molecule has 3 aromatic carbocycles. The van der Waals surface area contributed by atoms with Crippen LogP contribution in [0.3, 0.4) is 0 Å². The number of hydrogen-bond donors (Lipinski definition) is 0. The van der Waals surface area contributed by atoms with E-state index in [1.54, 1.807) is 19.2 Å². The molecule has 2 heterocycles. The van der Waals surface area contributed by atoms with Crippen LogP contribution >= 0.6 is 11.6 Å². The van der Waals surface area contributed by atoms with Gasteiger partial charge < -0.3 is 9.64 Å². The number of rotatable bonds is 4. The predicted molar refractivity (Wildman–Crippen MR) is 133 cm³/mol. The van der Waals surface area contributed by atoms with Gasteiger partial charge in [0.2, 0.25) is 0 Å². The molecule has 0 saturated carbocycles. The van der Waals surface area contributed by atoms with Crippen LogP contribution in [0.25, 0.3) is 0 Å². The van der Waals surface area contributed by atoms with Crippen molar-refractivity contribution in [2.75, 3.05) is 31.6 Å². The topological polar surface area (TPSA) is 32.8 Å². The fourth-order valence-corrected chi connectivity index (χ4v) is 5.44. The summed E-state index contributed by atoms with van der Waals surface area (Å²) in [6.07, 6.45) is 2.02. The summed E-state index contributed by atoms with van der Waals surface area (Å²) in [6, 6.07) is 22.1. The molecule has 1 amide bonds. The van der Waals surface area contributed by atoms with Crippen molar-refractivity contribution in [2.45, 2.75) is 31.7 Å². The summed E-state index contributed by atoms with van der Waals surface area (Å²) in [5, 5.41) is 0.578. The van der Waals surface area contributed by atoms with Gasteiger partial charge in [-0.3, -0.25) is 9.69 Å². The minimum Gasteiger partial charge on any atom is -0.497 e. The molecule has 5 heteroatoms. The van der Waals surface area contributed by atoms with E-state index in [9.17, 15) is 4.79 Å². The second kappa shape index (κ2) is 8.85. The molecule has 33 heavy (non-hydrogen) atoms. The van der Waals surface area contributed by atoms with E-state index in [0.717, 1.165) is 43.9 Å². The molecule has 0 bridgehead atoms. The number of ether oxygens (including phenoxy) is 1. The number of methoxy groups -OCH3 is 1. The summed E-state index contributed by atoms with van der Waals surface area (Å²) in [4.78, 5) is 18.0. The fraction of sp³-hybridized carbons (Fsp3) is 0.321. The Kier molecular flexibility index (Phi) is 5.90. The van der Waals surface area contributed by atoms with Crippen LogP contribution in [0.2, 0.25) is 5.02 Å². The number of amides is 1. The average molecular weight is 461 g/mol. The average Bonchev–Trinajstić information content (AvgIpc) is 3.15. The lowest BCUT2D eigenvalue weighted by Gasteiger charge is -2.40. The summed E-state index contributed by atoms with van der Waals surface area (Å²) in [6.45, 7) is 5.79. The number of benzene rings is 3. The highest BCUT2D eigenvalue weighted by molar-refractivity contribution is 6.31. The van der Waals surface area contributed by atoms with Gasteiger partial charge in [0.05, 0.1) is 7.11 Å². The molecule has 0 unspecified atom stereocenters. The molecule has 0 radical (unpaired) electrons. The van der Waals surface area contributed by atoms with E-state index >= 15 is 0 Å². The predicted octanol–water partition coefficient (Wildman–Crippen LogP) is 5.85. The maximum absolute atomic E-state index is 13.5. The molecule has 4 nitrogen and oxygen atoms in total. The lowest BCUT2D eigenvalue weighted by molar-refractivity contribution is 0.0975. The number of piperidine rings is 1. The van der Waals surface area contributed by atoms with Crippen molar-refractivity contribution in [1.29, 1.82) is 0 Å². The van der Waals surface area contributed by atoms with E-state index in [4.69, 9.17) is 16.3 Å². The van der Waals surface area contributed by atoms with Gasteiger partial charge in [0.1, 0.15) is 5.75 Å². The molecule has 170 valence electrons. The molecule has 0 atom stereocenters. The third-order valence-corrected chi connectivity index (χ3v) is 7.42. The third-order valence-electron chi connectivity index (χ3n) is 7.18. The Balaban J connectivity index is 1.40. The summed E-state index contributed by atoms with van der Waals surface area (Å²) in [7, 11) is 1.70. The second-order valence-corrected chi connectivity index (χ2v) is 9.76. The summed E-state index contributed by atoms with van der Waals surface area (Å²) < 4.78 is 5.55. The van der Waals surface area contributed by atoms with Crippen molar-refractivity contribution >= 4 is 23.2 Å². The van der Waals surface area contributed by atoms with E-state index in [2.05, 4.69) is 42.2 Å². The van der Waals surface area contributed by atoms with E-state index < -0.39 is 0 Å². The number of carbonyl (C=O) groups excluding carboxylic acids is 1. The zero-order valence-corrected chi connectivity index (χ0v) is 19.9. The molecule has 2 aliphatic rings. The smallest absolute Gasteiger partial charge is 0.258 e. The second-order valence-electron chi connectivity index (χ2n) is 9.33. The number of anilines is 1.